The number of ether oxygens (including phenoxy) is 3. The van der Waals surface area contributed by atoms with Gasteiger partial charge in [0.25, 0.3) is 5.91 Å². The lowest BCUT2D eigenvalue weighted by Crippen LogP contribution is -2.19. The fourth-order valence-corrected chi connectivity index (χ4v) is 2.75. The third-order valence-corrected chi connectivity index (χ3v) is 4.33. The lowest BCUT2D eigenvalue weighted by Gasteiger charge is -2.09. The second-order valence-electron chi connectivity index (χ2n) is 6.08. The summed E-state index contributed by atoms with van der Waals surface area (Å²) >= 11 is 0. The molecule has 0 saturated heterocycles. The molecular weight excluding hydrogens is 372 g/mol. The number of carbonyl (C=O) groups excluding carboxylic acids is 1. The van der Waals surface area contributed by atoms with Crippen LogP contribution in [0.25, 0.3) is 11.3 Å². The number of carbonyl (C=O) groups is 1. The standard InChI is InChI=1S/C21H22N4O4/c1-13(14-9-10-19(28-3)20(11-14)29-4)22-25-21(26)17-12-16(23-24-17)15-7-5-6-8-18(15)27-2/h5-12H,1-4H3,(H,23,24)(H,25,26). The minimum atomic E-state index is -0.404. The number of H-pyrrole nitrogens is 1. The molecular formula is C21H22N4O4. The maximum atomic E-state index is 12.4. The highest BCUT2D eigenvalue weighted by atomic mass is 16.5. The van der Waals surface area contributed by atoms with Crippen LogP contribution in [0.3, 0.4) is 0 Å². The first kappa shape index (κ1) is 19.9. The molecule has 0 aliphatic heterocycles. The number of para-hydroxylation sites is 1. The lowest BCUT2D eigenvalue weighted by atomic mass is 10.1. The van der Waals surface area contributed by atoms with Crippen LogP contribution < -0.4 is 19.6 Å². The Hall–Kier alpha value is -3.81. The number of aromatic nitrogens is 2. The van der Waals surface area contributed by atoms with Crippen molar-refractivity contribution in [2.24, 2.45) is 5.10 Å². The Labute approximate surface area is 168 Å². The minimum Gasteiger partial charge on any atom is -0.496 e. The Balaban J connectivity index is 1.75. The summed E-state index contributed by atoms with van der Waals surface area (Å²) in [4.78, 5) is 12.4. The first-order chi connectivity index (χ1) is 14.1. The molecule has 150 valence electrons. The summed E-state index contributed by atoms with van der Waals surface area (Å²) in [6, 6.07) is 14.5. The Bertz CT molecular complexity index is 1040. The molecule has 2 N–H and O–H groups in total. The average Bonchev–Trinajstić information content (AvgIpc) is 3.26. The predicted octanol–water partition coefficient (Wildman–Crippen LogP) is 3.26. The van der Waals surface area contributed by atoms with Crippen molar-refractivity contribution in [1.82, 2.24) is 15.6 Å². The van der Waals surface area contributed by atoms with Crippen LogP contribution in [0.1, 0.15) is 23.0 Å². The molecule has 3 aromatic rings. The van der Waals surface area contributed by atoms with Gasteiger partial charge in [0.05, 0.1) is 32.7 Å². The van der Waals surface area contributed by atoms with Crippen molar-refractivity contribution in [1.29, 1.82) is 0 Å². The van der Waals surface area contributed by atoms with Gasteiger partial charge < -0.3 is 14.2 Å². The van der Waals surface area contributed by atoms with Gasteiger partial charge in [0, 0.05) is 11.1 Å². The fourth-order valence-electron chi connectivity index (χ4n) is 2.75. The van der Waals surface area contributed by atoms with Gasteiger partial charge in [-0.25, -0.2) is 5.43 Å². The van der Waals surface area contributed by atoms with E-state index in [4.69, 9.17) is 14.2 Å². The van der Waals surface area contributed by atoms with E-state index in [1.54, 1.807) is 46.5 Å². The van der Waals surface area contributed by atoms with E-state index in [2.05, 4.69) is 20.7 Å². The molecule has 0 radical (unpaired) electrons. The maximum Gasteiger partial charge on any atom is 0.289 e. The van der Waals surface area contributed by atoms with Gasteiger partial charge in [0.1, 0.15) is 11.4 Å². The summed E-state index contributed by atoms with van der Waals surface area (Å²) in [6.45, 7) is 1.79. The van der Waals surface area contributed by atoms with E-state index >= 15 is 0 Å². The second kappa shape index (κ2) is 8.92. The third-order valence-electron chi connectivity index (χ3n) is 4.33. The second-order valence-corrected chi connectivity index (χ2v) is 6.08. The average molecular weight is 394 g/mol. The molecule has 0 bridgehead atoms. The molecule has 0 saturated carbocycles. The number of hydrogen-bond acceptors (Lipinski definition) is 6. The van der Waals surface area contributed by atoms with E-state index in [0.717, 1.165) is 11.1 Å². The Morgan fingerprint density at radius 1 is 0.966 bits per heavy atom. The lowest BCUT2D eigenvalue weighted by molar-refractivity contribution is 0.0950. The summed E-state index contributed by atoms with van der Waals surface area (Å²) in [5, 5.41) is 11.1. The van der Waals surface area contributed by atoms with Crippen LogP contribution in [0.15, 0.2) is 53.6 Å². The summed E-state index contributed by atoms with van der Waals surface area (Å²) in [5.41, 5.74) is 5.62. The van der Waals surface area contributed by atoms with Gasteiger partial charge in [0.15, 0.2) is 11.5 Å². The number of benzene rings is 2. The number of hydrogen-bond donors (Lipinski definition) is 2. The number of rotatable bonds is 7. The van der Waals surface area contributed by atoms with E-state index in [1.807, 2.05) is 30.3 Å². The smallest absolute Gasteiger partial charge is 0.289 e. The molecule has 8 heteroatoms. The number of hydrazone groups is 1. The van der Waals surface area contributed by atoms with Crippen molar-refractivity contribution in [3.63, 3.8) is 0 Å². The van der Waals surface area contributed by atoms with Crippen LogP contribution in [0.4, 0.5) is 0 Å². The van der Waals surface area contributed by atoms with Crippen LogP contribution >= 0.6 is 0 Å². The molecule has 0 unspecified atom stereocenters. The quantitative estimate of drug-likeness (QED) is 0.473. The zero-order valence-electron chi connectivity index (χ0n) is 16.6. The Morgan fingerprint density at radius 3 is 2.41 bits per heavy atom. The number of methoxy groups -OCH3 is 3. The van der Waals surface area contributed by atoms with Crippen molar-refractivity contribution in [2.75, 3.05) is 21.3 Å². The predicted molar refractivity (Wildman–Crippen MR) is 110 cm³/mol. The molecule has 2 aromatic carbocycles. The molecule has 3 rings (SSSR count). The van der Waals surface area contributed by atoms with E-state index in [0.29, 0.717) is 28.7 Å². The molecule has 29 heavy (non-hydrogen) atoms. The minimum absolute atomic E-state index is 0.287. The zero-order valence-corrected chi connectivity index (χ0v) is 16.6. The van der Waals surface area contributed by atoms with Crippen molar-refractivity contribution in [3.8, 4) is 28.5 Å². The zero-order chi connectivity index (χ0) is 20.8. The fraction of sp³-hybridized carbons (Fsp3) is 0.190. The number of nitrogens with zero attached hydrogens (tertiary/aromatic N) is 2. The van der Waals surface area contributed by atoms with Crippen LogP contribution in [0.2, 0.25) is 0 Å². The highest BCUT2D eigenvalue weighted by Gasteiger charge is 2.14. The van der Waals surface area contributed by atoms with Gasteiger partial charge >= 0.3 is 0 Å². The van der Waals surface area contributed by atoms with Crippen LogP contribution in [-0.2, 0) is 0 Å². The van der Waals surface area contributed by atoms with Crippen molar-refractivity contribution < 1.29 is 19.0 Å². The SMILES string of the molecule is COc1ccc(C(C)=NNC(=O)c2cc(-c3ccccc3OC)n[nH]2)cc1OC. The van der Waals surface area contributed by atoms with E-state index in [-0.39, 0.29) is 5.69 Å². The van der Waals surface area contributed by atoms with Gasteiger partial charge in [-0.15, -0.1) is 0 Å². The van der Waals surface area contributed by atoms with Crippen molar-refractivity contribution in [3.05, 3.63) is 59.8 Å². The van der Waals surface area contributed by atoms with Crippen molar-refractivity contribution in [2.45, 2.75) is 6.92 Å². The molecule has 1 heterocycles. The molecule has 1 aromatic heterocycles. The topological polar surface area (TPSA) is 97.8 Å². The van der Waals surface area contributed by atoms with Gasteiger partial charge in [-0.3, -0.25) is 9.89 Å². The summed E-state index contributed by atoms with van der Waals surface area (Å²) in [5.74, 6) is 1.47. The summed E-state index contributed by atoms with van der Waals surface area (Å²) < 4.78 is 15.9. The van der Waals surface area contributed by atoms with E-state index in [1.165, 1.54) is 0 Å². The van der Waals surface area contributed by atoms with Crippen LogP contribution in [0, 0.1) is 0 Å². The third kappa shape index (κ3) is 4.37. The molecule has 0 aliphatic rings. The molecule has 0 atom stereocenters. The van der Waals surface area contributed by atoms with E-state index in [9.17, 15) is 4.79 Å². The molecule has 8 nitrogen and oxygen atoms in total. The number of nitrogens with one attached hydrogen (secondary N) is 2. The van der Waals surface area contributed by atoms with Gasteiger partial charge in [0.2, 0.25) is 0 Å². The normalized spacial score (nSPS) is 11.1. The highest BCUT2D eigenvalue weighted by molar-refractivity contribution is 6.01. The van der Waals surface area contributed by atoms with Crippen LogP contribution in [0.5, 0.6) is 17.2 Å². The Kier molecular flexibility index (Phi) is 6.13. The Morgan fingerprint density at radius 2 is 1.69 bits per heavy atom. The summed E-state index contributed by atoms with van der Waals surface area (Å²) in [7, 11) is 4.72. The first-order valence-electron chi connectivity index (χ1n) is 8.83. The monoisotopic (exact) mass is 394 g/mol. The van der Waals surface area contributed by atoms with Gasteiger partial charge in [-0.05, 0) is 43.3 Å². The van der Waals surface area contributed by atoms with Crippen LogP contribution in [-0.4, -0.2) is 43.1 Å². The molecule has 1 amide bonds. The van der Waals surface area contributed by atoms with Crippen molar-refractivity contribution >= 4 is 11.6 Å². The maximum absolute atomic E-state index is 12.4. The summed E-state index contributed by atoms with van der Waals surface area (Å²) in [6.07, 6.45) is 0. The van der Waals surface area contributed by atoms with Gasteiger partial charge in [-0.1, -0.05) is 12.1 Å². The largest absolute Gasteiger partial charge is 0.496 e. The number of amides is 1. The molecule has 0 fully saturated rings. The first-order valence-corrected chi connectivity index (χ1v) is 8.83. The van der Waals surface area contributed by atoms with Gasteiger partial charge in [-0.2, -0.15) is 10.2 Å². The highest BCUT2D eigenvalue weighted by Crippen LogP contribution is 2.29. The molecule has 0 spiro atoms. The van der Waals surface area contributed by atoms with E-state index < -0.39 is 5.91 Å². The number of aromatic amines is 1. The molecule has 0 aliphatic carbocycles.